The predicted octanol–water partition coefficient (Wildman–Crippen LogP) is 7.36. The second kappa shape index (κ2) is 5.90. The highest BCUT2D eigenvalue weighted by Crippen LogP contribution is 2.41. The molecule has 6 aromatic rings. The molecule has 0 fully saturated rings. The highest BCUT2D eigenvalue weighted by Gasteiger charge is 2.15. The summed E-state index contributed by atoms with van der Waals surface area (Å²) in [4.78, 5) is 5.06. The minimum absolute atomic E-state index is 1.04. The van der Waals surface area contributed by atoms with Crippen molar-refractivity contribution in [3.63, 3.8) is 0 Å². The van der Waals surface area contributed by atoms with Crippen LogP contribution < -0.4 is 0 Å². The van der Waals surface area contributed by atoms with E-state index < -0.39 is 0 Å². The summed E-state index contributed by atoms with van der Waals surface area (Å²) in [5.41, 5.74) is 4.59. The zero-order valence-corrected chi connectivity index (χ0v) is 15.3. The molecule has 5 aromatic carbocycles. The smallest absolute Gasteiger partial charge is 0.0722 e. The van der Waals surface area contributed by atoms with Crippen LogP contribution in [0.2, 0.25) is 0 Å². The van der Waals surface area contributed by atoms with E-state index >= 15 is 0 Å². The van der Waals surface area contributed by atoms with E-state index in [1.807, 2.05) is 0 Å². The number of pyridine rings is 1. The Labute approximate surface area is 162 Å². The fourth-order valence-electron chi connectivity index (χ4n) is 4.38. The molecule has 1 aromatic heterocycles. The number of rotatable bonds is 1. The Morgan fingerprint density at radius 1 is 0.429 bits per heavy atom. The molecule has 1 heteroatoms. The van der Waals surface area contributed by atoms with Crippen molar-refractivity contribution in [1.82, 2.24) is 4.98 Å². The number of nitrogens with zero attached hydrogens (tertiary/aromatic N) is 1. The molecule has 0 saturated heterocycles. The average Bonchev–Trinajstić information content (AvgIpc) is 2.78. The van der Waals surface area contributed by atoms with Gasteiger partial charge in [-0.1, -0.05) is 91.0 Å². The summed E-state index contributed by atoms with van der Waals surface area (Å²) >= 11 is 0. The zero-order chi connectivity index (χ0) is 18.5. The minimum atomic E-state index is 1.04. The lowest BCUT2D eigenvalue weighted by Crippen LogP contribution is -1.91. The zero-order valence-electron chi connectivity index (χ0n) is 15.3. The fourth-order valence-corrected chi connectivity index (χ4v) is 4.38. The van der Waals surface area contributed by atoms with Crippen LogP contribution in [0.5, 0.6) is 0 Å². The van der Waals surface area contributed by atoms with Gasteiger partial charge in [-0.25, -0.2) is 4.98 Å². The largest absolute Gasteiger partial charge is 0.248 e. The van der Waals surface area contributed by atoms with Gasteiger partial charge in [-0.2, -0.15) is 0 Å². The summed E-state index contributed by atoms with van der Waals surface area (Å²) in [6.45, 7) is 0. The van der Waals surface area contributed by atoms with Gasteiger partial charge in [0.05, 0.1) is 11.0 Å². The maximum atomic E-state index is 5.06. The third-order valence-electron chi connectivity index (χ3n) is 5.62. The summed E-state index contributed by atoms with van der Waals surface area (Å²) in [6.07, 6.45) is 0. The minimum Gasteiger partial charge on any atom is -0.248 e. The van der Waals surface area contributed by atoms with Crippen LogP contribution in [0.15, 0.2) is 103 Å². The molecule has 0 bridgehead atoms. The lowest BCUT2D eigenvalue weighted by atomic mass is 9.90. The Hall–Kier alpha value is -3.71. The van der Waals surface area contributed by atoms with Crippen LogP contribution in [0.25, 0.3) is 54.5 Å². The first-order valence-corrected chi connectivity index (χ1v) is 9.58. The highest BCUT2D eigenvalue weighted by atomic mass is 14.7. The normalized spacial score (nSPS) is 11.6. The molecule has 0 radical (unpaired) electrons. The van der Waals surface area contributed by atoms with Crippen molar-refractivity contribution < 1.29 is 0 Å². The number of hydrogen-bond donors (Lipinski definition) is 0. The molecule has 1 nitrogen and oxygen atoms in total. The van der Waals surface area contributed by atoms with Gasteiger partial charge >= 0.3 is 0 Å². The molecule has 6 rings (SSSR count). The SMILES string of the molecule is c1ccc(-c2c3c(ccc4ccccc43)nc3ccc4ccccc4c23)cc1. The van der Waals surface area contributed by atoms with E-state index in [9.17, 15) is 0 Å². The summed E-state index contributed by atoms with van der Waals surface area (Å²) in [5.74, 6) is 0. The van der Waals surface area contributed by atoms with Crippen LogP contribution >= 0.6 is 0 Å². The second-order valence-corrected chi connectivity index (χ2v) is 7.21. The molecular weight excluding hydrogens is 338 g/mol. The predicted molar refractivity (Wildman–Crippen MR) is 120 cm³/mol. The average molecular weight is 355 g/mol. The molecule has 0 aliphatic heterocycles. The quantitative estimate of drug-likeness (QED) is 0.222. The number of benzene rings is 5. The van der Waals surface area contributed by atoms with E-state index in [0.717, 1.165) is 11.0 Å². The molecule has 0 atom stereocenters. The third kappa shape index (κ3) is 2.17. The van der Waals surface area contributed by atoms with Gasteiger partial charge in [-0.3, -0.25) is 0 Å². The summed E-state index contributed by atoms with van der Waals surface area (Å²) in [5, 5.41) is 7.45. The number of hydrogen-bond acceptors (Lipinski definition) is 1. The summed E-state index contributed by atoms with van der Waals surface area (Å²) in [7, 11) is 0. The van der Waals surface area contributed by atoms with Crippen molar-refractivity contribution in [2.45, 2.75) is 0 Å². The molecule has 130 valence electrons. The molecule has 0 N–H and O–H groups in total. The van der Waals surface area contributed by atoms with Crippen LogP contribution in [-0.4, -0.2) is 4.98 Å². The van der Waals surface area contributed by atoms with E-state index in [1.165, 1.54) is 43.4 Å². The number of fused-ring (bicyclic) bond motifs is 6. The lowest BCUT2D eigenvalue weighted by Gasteiger charge is -2.15. The Kier molecular flexibility index (Phi) is 3.24. The molecular formula is C27H17N. The van der Waals surface area contributed by atoms with E-state index in [0.29, 0.717) is 0 Å². The van der Waals surface area contributed by atoms with E-state index in [4.69, 9.17) is 4.98 Å². The van der Waals surface area contributed by atoms with Crippen LogP contribution in [0.4, 0.5) is 0 Å². The van der Waals surface area contributed by atoms with Gasteiger partial charge in [-0.05, 0) is 39.2 Å². The van der Waals surface area contributed by atoms with Gasteiger partial charge in [0.15, 0.2) is 0 Å². The topological polar surface area (TPSA) is 12.9 Å². The molecule has 1 heterocycles. The Bertz CT molecular complexity index is 1400. The molecule has 28 heavy (non-hydrogen) atoms. The maximum Gasteiger partial charge on any atom is 0.0722 e. The van der Waals surface area contributed by atoms with Gasteiger partial charge in [-0.15, -0.1) is 0 Å². The van der Waals surface area contributed by atoms with E-state index in [1.54, 1.807) is 0 Å². The van der Waals surface area contributed by atoms with Crippen LogP contribution in [0.1, 0.15) is 0 Å². The summed E-state index contributed by atoms with van der Waals surface area (Å²) in [6, 6.07) is 36.6. The van der Waals surface area contributed by atoms with Crippen molar-refractivity contribution >= 4 is 43.4 Å². The molecule has 0 spiro atoms. The Morgan fingerprint density at radius 2 is 0.929 bits per heavy atom. The molecule has 0 aliphatic carbocycles. The molecule has 0 aliphatic rings. The van der Waals surface area contributed by atoms with Gasteiger partial charge in [0.1, 0.15) is 0 Å². The Morgan fingerprint density at radius 3 is 1.50 bits per heavy atom. The van der Waals surface area contributed by atoms with Crippen molar-refractivity contribution in [3.05, 3.63) is 103 Å². The standard InChI is InChI=1S/C27H17N/c1-2-10-20(11-3-1)25-26-21-12-6-4-8-18(21)14-16-23(26)28-24-17-15-19-9-5-7-13-22(19)27(24)25/h1-17H. The van der Waals surface area contributed by atoms with Crippen molar-refractivity contribution in [2.24, 2.45) is 0 Å². The third-order valence-corrected chi connectivity index (χ3v) is 5.62. The van der Waals surface area contributed by atoms with Crippen LogP contribution in [0.3, 0.4) is 0 Å². The molecule has 0 saturated carbocycles. The fraction of sp³-hybridized carbons (Fsp3) is 0. The van der Waals surface area contributed by atoms with Crippen molar-refractivity contribution in [2.75, 3.05) is 0 Å². The van der Waals surface area contributed by atoms with Crippen LogP contribution in [0, 0.1) is 0 Å². The van der Waals surface area contributed by atoms with Gasteiger partial charge in [0.25, 0.3) is 0 Å². The monoisotopic (exact) mass is 355 g/mol. The van der Waals surface area contributed by atoms with E-state index in [-0.39, 0.29) is 0 Å². The van der Waals surface area contributed by atoms with Crippen LogP contribution in [-0.2, 0) is 0 Å². The highest BCUT2D eigenvalue weighted by molar-refractivity contribution is 6.24. The summed E-state index contributed by atoms with van der Waals surface area (Å²) < 4.78 is 0. The molecule has 0 amide bonds. The lowest BCUT2D eigenvalue weighted by molar-refractivity contribution is 1.51. The van der Waals surface area contributed by atoms with Gasteiger partial charge in [0.2, 0.25) is 0 Å². The van der Waals surface area contributed by atoms with Gasteiger partial charge < -0.3 is 0 Å². The first-order valence-electron chi connectivity index (χ1n) is 9.58. The second-order valence-electron chi connectivity index (χ2n) is 7.21. The van der Waals surface area contributed by atoms with E-state index in [2.05, 4.69) is 103 Å². The van der Waals surface area contributed by atoms with Crippen molar-refractivity contribution in [3.8, 4) is 11.1 Å². The number of aromatic nitrogens is 1. The maximum absolute atomic E-state index is 5.06. The molecule has 0 unspecified atom stereocenters. The van der Waals surface area contributed by atoms with Crippen molar-refractivity contribution in [1.29, 1.82) is 0 Å². The van der Waals surface area contributed by atoms with Gasteiger partial charge in [0, 0.05) is 16.3 Å². The first-order chi connectivity index (χ1) is 13.9. The Balaban J connectivity index is 1.97. The first kappa shape index (κ1) is 15.4.